The average molecular weight is 457 g/mol. The molecule has 2 heteroatoms. The molecule has 0 spiro atoms. The maximum Gasteiger partial charge on any atom is 0.141 e. The zero-order valence-electron chi connectivity index (χ0n) is 21.0. The lowest BCUT2D eigenvalue weighted by molar-refractivity contribution is 0.187. The summed E-state index contributed by atoms with van der Waals surface area (Å²) in [6, 6.07) is 33.3. The number of hydrogen-bond donors (Lipinski definition) is 0. The lowest BCUT2D eigenvalue weighted by atomic mass is 9.86. The summed E-state index contributed by atoms with van der Waals surface area (Å²) in [5.74, 6) is 0. The third-order valence-corrected chi connectivity index (χ3v) is 7.82. The summed E-state index contributed by atoms with van der Waals surface area (Å²) in [6.45, 7) is 10.1. The van der Waals surface area contributed by atoms with Crippen LogP contribution in [0.3, 0.4) is 0 Å². The molecule has 0 saturated carbocycles. The summed E-state index contributed by atoms with van der Waals surface area (Å²) >= 11 is 0. The van der Waals surface area contributed by atoms with Crippen molar-refractivity contribution in [1.82, 2.24) is 4.90 Å². The molecule has 6 rings (SSSR count). The van der Waals surface area contributed by atoms with Gasteiger partial charge >= 0.3 is 0 Å². The molecule has 0 N–H and O–H groups in total. The largest absolute Gasteiger partial charge is 0.343 e. The first kappa shape index (κ1) is 21.7. The zero-order valence-corrected chi connectivity index (χ0v) is 21.0. The number of anilines is 1. The van der Waals surface area contributed by atoms with Crippen molar-refractivity contribution in [3.05, 3.63) is 131 Å². The molecule has 2 aliphatic rings. The highest BCUT2D eigenvalue weighted by Gasteiger charge is 2.49. The molecule has 35 heavy (non-hydrogen) atoms. The SMILES string of the molecule is Cc1cccc(C2=CN(c3c(C)cc(-c4ccccc4)cc3C)C3(C)c4ccccc4CCN23)c1. The minimum absolute atomic E-state index is 0.280. The number of fused-ring (bicyclic) bond motifs is 3. The highest BCUT2D eigenvalue weighted by molar-refractivity contribution is 5.80. The summed E-state index contributed by atoms with van der Waals surface area (Å²) in [5.41, 5.74) is 12.9. The Kier molecular flexibility index (Phi) is 5.07. The summed E-state index contributed by atoms with van der Waals surface area (Å²) in [4.78, 5) is 5.16. The lowest BCUT2D eigenvalue weighted by Crippen LogP contribution is -2.53. The van der Waals surface area contributed by atoms with E-state index in [4.69, 9.17) is 0 Å². The predicted octanol–water partition coefficient (Wildman–Crippen LogP) is 7.83. The normalized spacial score (nSPS) is 18.8. The Morgan fingerprint density at radius 2 is 1.37 bits per heavy atom. The summed E-state index contributed by atoms with van der Waals surface area (Å²) < 4.78 is 0. The maximum atomic E-state index is 2.62. The first-order valence-electron chi connectivity index (χ1n) is 12.6. The van der Waals surface area contributed by atoms with Gasteiger partial charge in [0.1, 0.15) is 5.66 Å². The van der Waals surface area contributed by atoms with Gasteiger partial charge in [0.15, 0.2) is 0 Å². The van der Waals surface area contributed by atoms with Crippen LogP contribution in [0.2, 0.25) is 0 Å². The topological polar surface area (TPSA) is 6.48 Å². The van der Waals surface area contributed by atoms with Crippen molar-refractivity contribution >= 4 is 11.4 Å². The Hall–Kier alpha value is -3.78. The van der Waals surface area contributed by atoms with Crippen LogP contribution in [0.15, 0.2) is 97.2 Å². The molecule has 4 aromatic rings. The van der Waals surface area contributed by atoms with E-state index in [1.54, 1.807) is 0 Å². The molecule has 0 aromatic heterocycles. The van der Waals surface area contributed by atoms with Crippen LogP contribution in [0.25, 0.3) is 16.8 Å². The molecule has 2 nitrogen and oxygen atoms in total. The highest BCUT2D eigenvalue weighted by Crippen LogP contribution is 2.51. The Balaban J connectivity index is 1.56. The standard InChI is InChI=1S/C33H32N2/c1-23-11-10-15-28(19-23)31-22-35(33(4)30-16-9-8-14-27(30)17-18-34(31)33)32-24(2)20-29(21-25(32)3)26-12-6-5-7-13-26/h5-16,19-22H,17-18H2,1-4H3. The van der Waals surface area contributed by atoms with Crippen LogP contribution < -0.4 is 4.90 Å². The van der Waals surface area contributed by atoms with Crippen molar-refractivity contribution in [2.45, 2.75) is 39.8 Å². The van der Waals surface area contributed by atoms with Crippen LogP contribution in [0.4, 0.5) is 5.69 Å². The van der Waals surface area contributed by atoms with E-state index in [0.717, 1.165) is 13.0 Å². The number of hydrogen-bond acceptors (Lipinski definition) is 2. The van der Waals surface area contributed by atoms with Gasteiger partial charge in [-0.15, -0.1) is 0 Å². The number of benzene rings is 4. The van der Waals surface area contributed by atoms with Gasteiger partial charge in [-0.2, -0.15) is 0 Å². The average Bonchev–Trinajstić information content (AvgIpc) is 3.17. The molecular weight excluding hydrogens is 424 g/mol. The van der Waals surface area contributed by atoms with Gasteiger partial charge in [-0.3, -0.25) is 0 Å². The highest BCUT2D eigenvalue weighted by atomic mass is 15.5. The van der Waals surface area contributed by atoms with Gasteiger partial charge < -0.3 is 9.80 Å². The summed E-state index contributed by atoms with van der Waals surface area (Å²) in [6.07, 6.45) is 3.46. The fourth-order valence-corrected chi connectivity index (χ4v) is 6.18. The minimum atomic E-state index is -0.280. The fraction of sp³-hybridized carbons (Fsp3) is 0.212. The number of rotatable bonds is 3. The first-order chi connectivity index (χ1) is 17.0. The Morgan fingerprint density at radius 1 is 0.686 bits per heavy atom. The molecule has 2 heterocycles. The van der Waals surface area contributed by atoms with Crippen LogP contribution in [0.5, 0.6) is 0 Å². The van der Waals surface area contributed by atoms with Crippen LogP contribution in [-0.4, -0.2) is 11.4 Å². The van der Waals surface area contributed by atoms with E-state index in [1.807, 2.05) is 0 Å². The van der Waals surface area contributed by atoms with Crippen molar-refractivity contribution < 1.29 is 0 Å². The molecule has 4 aromatic carbocycles. The van der Waals surface area contributed by atoms with Crippen LogP contribution >= 0.6 is 0 Å². The van der Waals surface area contributed by atoms with E-state index in [1.165, 1.54) is 55.9 Å². The second-order valence-electron chi connectivity index (χ2n) is 10.2. The van der Waals surface area contributed by atoms with E-state index in [-0.39, 0.29) is 5.66 Å². The second-order valence-corrected chi connectivity index (χ2v) is 10.2. The van der Waals surface area contributed by atoms with Crippen LogP contribution in [0.1, 0.15) is 40.3 Å². The van der Waals surface area contributed by atoms with Crippen molar-refractivity contribution in [2.24, 2.45) is 0 Å². The molecule has 1 unspecified atom stereocenters. The minimum Gasteiger partial charge on any atom is -0.343 e. The smallest absolute Gasteiger partial charge is 0.141 e. The van der Waals surface area contributed by atoms with Gasteiger partial charge in [0.2, 0.25) is 0 Å². The predicted molar refractivity (Wildman–Crippen MR) is 147 cm³/mol. The quantitative estimate of drug-likeness (QED) is 0.310. The van der Waals surface area contributed by atoms with Gasteiger partial charge in [-0.25, -0.2) is 0 Å². The zero-order chi connectivity index (χ0) is 24.2. The van der Waals surface area contributed by atoms with Crippen molar-refractivity contribution in [1.29, 1.82) is 0 Å². The Bertz CT molecular complexity index is 1430. The Labute approximate surface area is 209 Å². The molecular formula is C33H32N2. The van der Waals surface area contributed by atoms with Crippen LogP contribution in [-0.2, 0) is 12.1 Å². The van der Waals surface area contributed by atoms with Crippen LogP contribution in [0, 0.1) is 20.8 Å². The van der Waals surface area contributed by atoms with E-state index < -0.39 is 0 Å². The van der Waals surface area contributed by atoms with E-state index in [2.05, 4.69) is 135 Å². The third kappa shape index (κ3) is 3.39. The van der Waals surface area contributed by atoms with Crippen molar-refractivity contribution in [3.8, 4) is 11.1 Å². The molecule has 0 saturated heterocycles. The molecule has 0 aliphatic carbocycles. The molecule has 0 amide bonds. The molecule has 0 bridgehead atoms. The van der Waals surface area contributed by atoms with E-state index in [9.17, 15) is 0 Å². The lowest BCUT2D eigenvalue weighted by Gasteiger charge is -2.49. The summed E-state index contributed by atoms with van der Waals surface area (Å²) in [5, 5.41) is 0. The molecule has 1 atom stereocenters. The number of aryl methyl sites for hydroxylation is 3. The van der Waals surface area contributed by atoms with Gasteiger partial charge in [0.05, 0.1) is 5.70 Å². The molecule has 174 valence electrons. The maximum absolute atomic E-state index is 2.62. The number of nitrogens with zero attached hydrogens (tertiary/aromatic N) is 2. The monoisotopic (exact) mass is 456 g/mol. The van der Waals surface area contributed by atoms with Gasteiger partial charge in [0.25, 0.3) is 0 Å². The van der Waals surface area contributed by atoms with Gasteiger partial charge in [-0.1, -0.05) is 78.4 Å². The third-order valence-electron chi connectivity index (χ3n) is 7.82. The second kappa shape index (κ2) is 8.16. The molecule has 2 aliphatic heterocycles. The van der Waals surface area contributed by atoms with E-state index >= 15 is 0 Å². The van der Waals surface area contributed by atoms with E-state index in [0.29, 0.717) is 0 Å². The first-order valence-corrected chi connectivity index (χ1v) is 12.6. The van der Waals surface area contributed by atoms with Crippen molar-refractivity contribution in [2.75, 3.05) is 11.4 Å². The molecule has 0 radical (unpaired) electrons. The summed E-state index contributed by atoms with van der Waals surface area (Å²) in [7, 11) is 0. The van der Waals surface area contributed by atoms with Gasteiger partial charge in [0, 0.05) is 24.0 Å². The fourth-order valence-electron chi connectivity index (χ4n) is 6.18. The van der Waals surface area contributed by atoms with Gasteiger partial charge in [-0.05, 0) is 85.7 Å². The Morgan fingerprint density at radius 3 is 2.11 bits per heavy atom. The van der Waals surface area contributed by atoms with Crippen molar-refractivity contribution in [3.63, 3.8) is 0 Å². The molecule has 0 fully saturated rings.